The number of rotatable bonds is 7. The Morgan fingerprint density at radius 3 is 2.16 bits per heavy atom. The largest absolute Gasteiger partial charge is 0.488 e. The zero-order chi connectivity index (χ0) is 22.0. The lowest BCUT2D eigenvalue weighted by Crippen LogP contribution is -2.53. The number of ether oxygens (including phenoxy) is 1. The van der Waals surface area contributed by atoms with Crippen molar-refractivity contribution < 1.29 is 13.2 Å². The average molecular weight is 437 g/mol. The smallest absolute Gasteiger partial charge is 0.192 e. The Kier molecular flexibility index (Phi) is 6.12. The summed E-state index contributed by atoms with van der Waals surface area (Å²) in [6, 6.07) is 20.0. The summed E-state index contributed by atoms with van der Waals surface area (Å²) < 4.78 is 29.2. The van der Waals surface area contributed by atoms with Crippen molar-refractivity contribution in [1.82, 2.24) is 9.88 Å². The molecule has 0 unspecified atom stereocenters. The van der Waals surface area contributed by atoms with Gasteiger partial charge in [0.15, 0.2) is 14.9 Å². The van der Waals surface area contributed by atoms with Gasteiger partial charge in [0.05, 0.1) is 0 Å². The molecule has 0 saturated carbocycles. The Hall–Kier alpha value is -2.70. The highest BCUT2D eigenvalue weighted by Gasteiger charge is 2.28. The molecule has 2 heterocycles. The number of likely N-dealkylation sites (tertiary alicyclic amines) is 1. The Labute approximate surface area is 184 Å². The van der Waals surface area contributed by atoms with E-state index in [4.69, 9.17) is 4.74 Å². The van der Waals surface area contributed by atoms with E-state index in [2.05, 4.69) is 48.0 Å². The SMILES string of the molecule is CC(C)c1ccc(CN2CC(Oc3ccc(-c4ccc(S(C)(=O)=O)nc4)cc3)C2)cc1. The third-order valence-corrected chi connectivity index (χ3v) is 6.58. The molecule has 162 valence electrons. The summed E-state index contributed by atoms with van der Waals surface area (Å²) in [5, 5.41) is 0.0848. The van der Waals surface area contributed by atoms with Crippen LogP contribution in [0.5, 0.6) is 5.75 Å². The number of sulfone groups is 1. The van der Waals surface area contributed by atoms with Gasteiger partial charge < -0.3 is 4.74 Å². The van der Waals surface area contributed by atoms with Crippen molar-refractivity contribution in [3.05, 3.63) is 78.0 Å². The van der Waals surface area contributed by atoms with Gasteiger partial charge in [0.25, 0.3) is 0 Å². The summed E-state index contributed by atoms with van der Waals surface area (Å²) >= 11 is 0. The number of pyridine rings is 1. The van der Waals surface area contributed by atoms with Crippen molar-refractivity contribution in [3.63, 3.8) is 0 Å². The molecule has 2 aromatic carbocycles. The summed E-state index contributed by atoms with van der Waals surface area (Å²) in [4.78, 5) is 6.44. The second-order valence-corrected chi connectivity index (χ2v) is 10.5. The first-order valence-electron chi connectivity index (χ1n) is 10.5. The van der Waals surface area contributed by atoms with E-state index in [1.807, 2.05) is 24.3 Å². The highest BCUT2D eigenvalue weighted by Crippen LogP contribution is 2.25. The summed E-state index contributed by atoms with van der Waals surface area (Å²) in [5.41, 5.74) is 4.55. The molecule has 3 aromatic rings. The van der Waals surface area contributed by atoms with Crippen molar-refractivity contribution in [3.8, 4) is 16.9 Å². The fourth-order valence-corrected chi connectivity index (χ4v) is 4.24. The van der Waals surface area contributed by atoms with E-state index in [0.717, 1.165) is 42.8 Å². The maximum atomic E-state index is 11.5. The van der Waals surface area contributed by atoms with Gasteiger partial charge in [-0.15, -0.1) is 0 Å². The first kappa shape index (κ1) is 21.5. The van der Waals surface area contributed by atoms with Crippen LogP contribution in [0, 0.1) is 0 Å². The standard InChI is InChI=1S/C25H28N2O3S/c1-18(2)20-6-4-19(5-7-20)15-27-16-24(17-27)30-23-11-8-21(9-12-23)22-10-13-25(26-14-22)31(3,28)29/h4-14,18,24H,15-17H2,1-3H3. The second-order valence-electron chi connectivity index (χ2n) is 8.51. The molecule has 0 N–H and O–H groups in total. The lowest BCUT2D eigenvalue weighted by molar-refractivity contribution is 0.0146. The summed E-state index contributed by atoms with van der Waals surface area (Å²) in [7, 11) is -3.28. The zero-order valence-electron chi connectivity index (χ0n) is 18.2. The van der Waals surface area contributed by atoms with Crippen molar-refractivity contribution in [2.24, 2.45) is 0 Å². The van der Waals surface area contributed by atoms with Crippen LogP contribution >= 0.6 is 0 Å². The van der Waals surface area contributed by atoms with Crippen molar-refractivity contribution in [2.75, 3.05) is 19.3 Å². The molecule has 0 spiro atoms. The maximum absolute atomic E-state index is 11.5. The molecule has 4 rings (SSSR count). The number of benzene rings is 2. The molecule has 5 nitrogen and oxygen atoms in total. The maximum Gasteiger partial charge on any atom is 0.192 e. The second kappa shape index (κ2) is 8.81. The van der Waals surface area contributed by atoms with Crippen LogP contribution in [0.15, 0.2) is 71.9 Å². The molecule has 0 amide bonds. The summed E-state index contributed by atoms with van der Waals surface area (Å²) in [6.07, 6.45) is 2.95. The molecule has 1 aliphatic rings. The predicted octanol–water partition coefficient (Wildman–Crippen LogP) is 4.54. The van der Waals surface area contributed by atoms with Gasteiger partial charge in [0.2, 0.25) is 0 Å². The number of hydrogen-bond acceptors (Lipinski definition) is 5. The minimum Gasteiger partial charge on any atom is -0.488 e. The van der Waals surface area contributed by atoms with E-state index in [9.17, 15) is 8.42 Å². The van der Waals surface area contributed by atoms with Gasteiger partial charge >= 0.3 is 0 Å². The first-order valence-corrected chi connectivity index (χ1v) is 12.4. The summed E-state index contributed by atoms with van der Waals surface area (Å²) in [6.45, 7) is 7.22. The average Bonchev–Trinajstić information content (AvgIpc) is 2.72. The zero-order valence-corrected chi connectivity index (χ0v) is 19.0. The molecule has 0 bridgehead atoms. The molecule has 1 aromatic heterocycles. The van der Waals surface area contributed by atoms with Gasteiger partial charge in [-0.25, -0.2) is 13.4 Å². The fraction of sp³-hybridized carbons (Fsp3) is 0.320. The summed E-state index contributed by atoms with van der Waals surface area (Å²) in [5.74, 6) is 1.40. The van der Waals surface area contributed by atoms with Crippen LogP contribution < -0.4 is 4.74 Å². The Morgan fingerprint density at radius 1 is 0.968 bits per heavy atom. The van der Waals surface area contributed by atoms with Gasteiger partial charge in [-0.05, 0) is 46.9 Å². The third-order valence-electron chi connectivity index (χ3n) is 5.58. The molecule has 0 aliphatic carbocycles. The Morgan fingerprint density at radius 2 is 1.61 bits per heavy atom. The van der Waals surface area contributed by atoms with Crippen LogP contribution in [0.25, 0.3) is 11.1 Å². The lowest BCUT2D eigenvalue weighted by Gasteiger charge is -2.39. The molecular formula is C25H28N2O3S. The molecule has 31 heavy (non-hydrogen) atoms. The lowest BCUT2D eigenvalue weighted by atomic mass is 10.0. The molecule has 1 fully saturated rings. The van der Waals surface area contributed by atoms with Crippen LogP contribution in [0.1, 0.15) is 30.9 Å². The van der Waals surface area contributed by atoms with E-state index in [1.54, 1.807) is 12.3 Å². The topological polar surface area (TPSA) is 59.5 Å². The predicted molar refractivity (Wildman–Crippen MR) is 123 cm³/mol. The number of nitrogens with zero attached hydrogens (tertiary/aromatic N) is 2. The van der Waals surface area contributed by atoms with Gasteiger partial charge in [0.1, 0.15) is 11.9 Å². The monoisotopic (exact) mass is 436 g/mol. The van der Waals surface area contributed by atoms with Gasteiger partial charge in [-0.2, -0.15) is 0 Å². The first-order chi connectivity index (χ1) is 14.8. The molecule has 6 heteroatoms. The molecule has 1 saturated heterocycles. The van der Waals surface area contributed by atoms with Crippen molar-refractivity contribution in [2.45, 2.75) is 37.4 Å². The third kappa shape index (κ3) is 5.32. The van der Waals surface area contributed by atoms with Gasteiger partial charge in [-0.1, -0.05) is 50.2 Å². The van der Waals surface area contributed by atoms with E-state index >= 15 is 0 Å². The van der Waals surface area contributed by atoms with Crippen LogP contribution in [0.3, 0.4) is 0 Å². The molecule has 0 radical (unpaired) electrons. The minimum absolute atomic E-state index is 0.0848. The molecule has 1 aliphatic heterocycles. The van der Waals surface area contributed by atoms with Gasteiger partial charge in [-0.3, -0.25) is 4.90 Å². The van der Waals surface area contributed by atoms with E-state index in [-0.39, 0.29) is 11.1 Å². The normalized spacial score (nSPS) is 15.1. The van der Waals surface area contributed by atoms with Crippen LogP contribution in [-0.2, 0) is 16.4 Å². The highest BCUT2D eigenvalue weighted by molar-refractivity contribution is 7.90. The van der Waals surface area contributed by atoms with E-state index in [1.165, 1.54) is 17.2 Å². The number of hydrogen-bond donors (Lipinski definition) is 0. The Balaban J connectivity index is 1.28. The quantitative estimate of drug-likeness (QED) is 0.544. The highest BCUT2D eigenvalue weighted by atomic mass is 32.2. The van der Waals surface area contributed by atoms with Crippen molar-refractivity contribution >= 4 is 9.84 Å². The van der Waals surface area contributed by atoms with Crippen LogP contribution in [0.2, 0.25) is 0 Å². The molecule has 0 atom stereocenters. The van der Waals surface area contributed by atoms with E-state index < -0.39 is 9.84 Å². The van der Waals surface area contributed by atoms with Crippen LogP contribution in [-0.4, -0.2) is 43.8 Å². The van der Waals surface area contributed by atoms with E-state index in [0.29, 0.717) is 5.92 Å². The fourth-order valence-electron chi connectivity index (χ4n) is 3.68. The molecular weight excluding hydrogens is 408 g/mol. The van der Waals surface area contributed by atoms with Gasteiger partial charge in [0, 0.05) is 37.7 Å². The van der Waals surface area contributed by atoms with Crippen LogP contribution in [0.4, 0.5) is 0 Å². The minimum atomic E-state index is -3.28. The Bertz CT molecular complexity index is 1120. The van der Waals surface area contributed by atoms with Crippen molar-refractivity contribution in [1.29, 1.82) is 0 Å². The number of aromatic nitrogens is 1.